The molecule has 8 heteroatoms. The molecule has 4 rings (SSSR count). The SMILES string of the molecule is CO[C@@H]1[C@H](OC(=O)N2CC(C(=O)N(C)C)C2)CC[C@]2(CO2)[C@H]1[C@@]1(C)O[C@@H]1CC=C(C)C. The van der Waals surface area contributed by atoms with Crippen molar-refractivity contribution < 1.29 is 28.5 Å². The molecule has 1 aliphatic carbocycles. The van der Waals surface area contributed by atoms with Gasteiger partial charge in [0.05, 0.1) is 24.5 Å². The van der Waals surface area contributed by atoms with Crippen LogP contribution in [0.4, 0.5) is 4.79 Å². The molecule has 4 aliphatic rings. The first-order valence-electron chi connectivity index (χ1n) is 11.3. The lowest BCUT2D eigenvalue weighted by molar-refractivity contribution is -0.140. The molecular weight excluding hydrogens is 400 g/mol. The molecule has 3 saturated heterocycles. The third kappa shape index (κ3) is 4.10. The maximum atomic E-state index is 12.7. The van der Waals surface area contributed by atoms with Crippen molar-refractivity contribution >= 4 is 12.0 Å². The minimum atomic E-state index is -0.371. The summed E-state index contributed by atoms with van der Waals surface area (Å²) in [6.07, 6.45) is 3.69. The third-order valence-electron chi connectivity index (χ3n) is 7.42. The fraction of sp³-hybridized carbons (Fsp3) is 0.826. The van der Waals surface area contributed by atoms with Crippen molar-refractivity contribution in [2.24, 2.45) is 11.8 Å². The van der Waals surface area contributed by atoms with Gasteiger partial charge in [-0.2, -0.15) is 0 Å². The van der Waals surface area contributed by atoms with Gasteiger partial charge < -0.3 is 28.7 Å². The second-order valence-corrected chi connectivity index (χ2v) is 10.1. The van der Waals surface area contributed by atoms with Gasteiger partial charge in [-0.3, -0.25) is 4.79 Å². The molecule has 0 unspecified atom stereocenters. The van der Waals surface area contributed by atoms with E-state index in [1.807, 2.05) is 0 Å². The minimum absolute atomic E-state index is 0.00608. The van der Waals surface area contributed by atoms with E-state index in [1.54, 1.807) is 31.0 Å². The van der Waals surface area contributed by atoms with Crippen LogP contribution in [0.5, 0.6) is 0 Å². The highest BCUT2D eigenvalue weighted by atomic mass is 16.6. The van der Waals surface area contributed by atoms with Crippen LogP contribution in [-0.2, 0) is 23.7 Å². The van der Waals surface area contributed by atoms with Crippen molar-refractivity contribution in [3.63, 3.8) is 0 Å². The Hall–Kier alpha value is -1.64. The van der Waals surface area contributed by atoms with E-state index in [4.69, 9.17) is 18.9 Å². The molecule has 6 atom stereocenters. The van der Waals surface area contributed by atoms with E-state index >= 15 is 0 Å². The molecule has 0 N–H and O–H groups in total. The number of rotatable bonds is 6. The first-order valence-corrected chi connectivity index (χ1v) is 11.3. The second kappa shape index (κ2) is 8.05. The van der Waals surface area contributed by atoms with Crippen LogP contribution in [0.1, 0.15) is 40.0 Å². The quantitative estimate of drug-likeness (QED) is 0.469. The van der Waals surface area contributed by atoms with Crippen molar-refractivity contribution in [3.8, 4) is 0 Å². The van der Waals surface area contributed by atoms with E-state index in [1.165, 1.54) is 5.57 Å². The standard InChI is InChI=1S/C23H36N2O6/c1-14(2)7-8-17-22(3,31-17)19-18(28-6)16(9-10-23(19)13-29-23)30-21(27)25-11-15(12-25)20(26)24(4)5/h7,15-19H,8-13H2,1-6H3/t16-,17-,18-,19-,22+,23+/m1/s1. The second-order valence-electron chi connectivity index (χ2n) is 10.1. The van der Waals surface area contributed by atoms with Gasteiger partial charge in [0.15, 0.2) is 0 Å². The largest absolute Gasteiger partial charge is 0.443 e. The molecule has 174 valence electrons. The number of allylic oxidation sites excluding steroid dienone is 1. The summed E-state index contributed by atoms with van der Waals surface area (Å²) >= 11 is 0. The molecule has 0 bridgehead atoms. The Morgan fingerprint density at radius 3 is 2.48 bits per heavy atom. The van der Waals surface area contributed by atoms with Gasteiger partial charge in [0.2, 0.25) is 5.91 Å². The monoisotopic (exact) mass is 436 g/mol. The number of epoxide rings is 2. The Labute approximate surface area is 184 Å². The van der Waals surface area contributed by atoms with Gasteiger partial charge >= 0.3 is 6.09 Å². The van der Waals surface area contributed by atoms with E-state index in [-0.39, 0.29) is 53.4 Å². The predicted octanol–water partition coefficient (Wildman–Crippen LogP) is 2.22. The first kappa shape index (κ1) is 22.6. The van der Waals surface area contributed by atoms with Crippen LogP contribution in [0.15, 0.2) is 11.6 Å². The fourth-order valence-corrected chi connectivity index (χ4v) is 5.42. The number of hydrogen-bond acceptors (Lipinski definition) is 6. The molecule has 0 aromatic rings. The number of carbonyl (C=O) groups is 2. The van der Waals surface area contributed by atoms with Gasteiger partial charge in [-0.1, -0.05) is 11.6 Å². The maximum absolute atomic E-state index is 12.7. The van der Waals surface area contributed by atoms with Gasteiger partial charge in [-0.15, -0.1) is 0 Å². The lowest BCUT2D eigenvalue weighted by atomic mass is 9.68. The van der Waals surface area contributed by atoms with Crippen LogP contribution in [0, 0.1) is 11.8 Å². The Morgan fingerprint density at radius 1 is 1.26 bits per heavy atom. The summed E-state index contributed by atoms with van der Waals surface area (Å²) in [5.74, 6) is -0.0882. The first-order chi connectivity index (χ1) is 14.6. The number of hydrogen-bond donors (Lipinski definition) is 0. The topological polar surface area (TPSA) is 84.1 Å². The number of amides is 2. The van der Waals surface area contributed by atoms with E-state index in [0.29, 0.717) is 26.1 Å². The number of likely N-dealkylation sites (tertiary alicyclic amines) is 1. The highest BCUT2D eigenvalue weighted by Gasteiger charge is 2.72. The Balaban J connectivity index is 1.40. The molecular formula is C23H36N2O6. The molecule has 2 amide bonds. The summed E-state index contributed by atoms with van der Waals surface area (Å²) in [6, 6.07) is 0. The maximum Gasteiger partial charge on any atom is 0.410 e. The molecule has 0 aromatic carbocycles. The van der Waals surface area contributed by atoms with Crippen molar-refractivity contribution in [1.29, 1.82) is 0 Å². The van der Waals surface area contributed by atoms with Crippen LogP contribution in [0.25, 0.3) is 0 Å². The minimum Gasteiger partial charge on any atom is -0.443 e. The van der Waals surface area contributed by atoms with Crippen LogP contribution in [0.2, 0.25) is 0 Å². The molecule has 1 spiro atoms. The van der Waals surface area contributed by atoms with Crippen LogP contribution in [-0.4, -0.2) is 92.2 Å². The van der Waals surface area contributed by atoms with Gasteiger partial charge in [-0.05, 0) is 40.0 Å². The summed E-state index contributed by atoms with van der Waals surface area (Å²) in [5.41, 5.74) is 0.682. The number of carbonyl (C=O) groups excluding carboxylic acids is 2. The van der Waals surface area contributed by atoms with E-state index in [0.717, 1.165) is 12.8 Å². The van der Waals surface area contributed by atoms with Crippen LogP contribution < -0.4 is 0 Å². The highest BCUT2D eigenvalue weighted by molar-refractivity contribution is 5.82. The fourth-order valence-electron chi connectivity index (χ4n) is 5.42. The Kier molecular flexibility index (Phi) is 5.85. The number of methoxy groups -OCH3 is 1. The molecule has 31 heavy (non-hydrogen) atoms. The predicted molar refractivity (Wildman–Crippen MR) is 114 cm³/mol. The average Bonchev–Trinajstić information content (AvgIpc) is 3.57. The smallest absolute Gasteiger partial charge is 0.410 e. The summed E-state index contributed by atoms with van der Waals surface area (Å²) in [6.45, 7) is 7.82. The van der Waals surface area contributed by atoms with Crippen LogP contribution >= 0.6 is 0 Å². The summed E-state index contributed by atoms with van der Waals surface area (Å²) in [4.78, 5) is 27.9. The lowest BCUT2D eigenvalue weighted by Gasteiger charge is -2.44. The molecule has 0 aromatic heterocycles. The van der Waals surface area contributed by atoms with E-state index < -0.39 is 0 Å². The van der Waals surface area contributed by atoms with Gasteiger partial charge in [0.1, 0.15) is 23.4 Å². The van der Waals surface area contributed by atoms with Crippen molar-refractivity contribution in [2.45, 2.75) is 69.5 Å². The van der Waals surface area contributed by atoms with Crippen molar-refractivity contribution in [1.82, 2.24) is 9.80 Å². The molecule has 3 aliphatic heterocycles. The summed E-state index contributed by atoms with van der Waals surface area (Å²) < 4.78 is 24.0. The molecule has 4 fully saturated rings. The van der Waals surface area contributed by atoms with Gasteiger partial charge in [0.25, 0.3) is 0 Å². The number of nitrogens with zero attached hydrogens (tertiary/aromatic N) is 2. The Morgan fingerprint density at radius 2 is 1.94 bits per heavy atom. The van der Waals surface area contributed by atoms with Gasteiger partial charge in [0, 0.05) is 34.3 Å². The van der Waals surface area contributed by atoms with Crippen LogP contribution in [0.3, 0.4) is 0 Å². The van der Waals surface area contributed by atoms with Crippen molar-refractivity contribution in [2.75, 3.05) is 40.9 Å². The number of ether oxygens (including phenoxy) is 4. The van der Waals surface area contributed by atoms with E-state index in [9.17, 15) is 9.59 Å². The molecule has 1 saturated carbocycles. The Bertz CT molecular complexity index is 753. The van der Waals surface area contributed by atoms with E-state index in [2.05, 4.69) is 26.8 Å². The molecule has 0 radical (unpaired) electrons. The molecule has 3 heterocycles. The van der Waals surface area contributed by atoms with Gasteiger partial charge in [-0.25, -0.2) is 4.79 Å². The summed E-state index contributed by atoms with van der Waals surface area (Å²) in [7, 11) is 5.14. The zero-order valence-corrected chi connectivity index (χ0v) is 19.6. The summed E-state index contributed by atoms with van der Waals surface area (Å²) in [5, 5.41) is 0. The lowest BCUT2D eigenvalue weighted by Crippen LogP contribution is -2.59. The highest BCUT2D eigenvalue weighted by Crippen LogP contribution is 2.59. The average molecular weight is 437 g/mol. The molecule has 8 nitrogen and oxygen atoms in total. The third-order valence-corrected chi connectivity index (χ3v) is 7.42. The normalized spacial score (nSPS) is 39.0. The van der Waals surface area contributed by atoms with Crippen molar-refractivity contribution in [3.05, 3.63) is 11.6 Å². The zero-order valence-electron chi connectivity index (χ0n) is 19.6. The zero-order chi connectivity index (χ0) is 22.6.